The summed E-state index contributed by atoms with van der Waals surface area (Å²) in [4.78, 5) is 38.6. The van der Waals surface area contributed by atoms with Gasteiger partial charge in [0.15, 0.2) is 0 Å². The molecule has 0 bridgehead atoms. The van der Waals surface area contributed by atoms with Gasteiger partial charge in [0.25, 0.3) is 0 Å². The molecule has 0 aromatic carbocycles. The molecule has 0 fully saturated rings. The quantitative estimate of drug-likeness (QED) is 0.239. The Hall–Kier alpha value is -2.01. The van der Waals surface area contributed by atoms with Crippen LogP contribution < -0.4 is 21.7 Å². The number of carbonyl (C=O) groups is 4. The first kappa shape index (κ1) is 29.1. The fourth-order valence-corrected chi connectivity index (χ4v) is 0.562. The summed E-state index contributed by atoms with van der Waals surface area (Å²) < 4.78 is 0. The summed E-state index contributed by atoms with van der Waals surface area (Å²) >= 11 is 3.99. The Labute approximate surface area is 141 Å². The summed E-state index contributed by atoms with van der Waals surface area (Å²) in [6, 6.07) is -0.0233. The van der Waals surface area contributed by atoms with Crippen molar-refractivity contribution in [2.24, 2.45) is 5.73 Å². The van der Waals surface area contributed by atoms with Crippen molar-refractivity contribution in [3.05, 3.63) is 0 Å². The fraction of sp³-hybridized carbons (Fsp3) is 0.667. The van der Waals surface area contributed by atoms with Crippen LogP contribution in [0.1, 0.15) is 20.8 Å². The Morgan fingerprint density at radius 1 is 1.22 bits per heavy atom. The third-order valence-corrected chi connectivity index (χ3v) is 1.94. The molecule has 0 aliphatic rings. The summed E-state index contributed by atoms with van der Waals surface area (Å²) in [5.74, 6) is -1.34. The molecule has 138 valence electrons. The molecule has 0 rings (SSSR count). The molecule has 0 radical (unpaired) electrons. The Morgan fingerprint density at radius 2 is 1.65 bits per heavy atom. The lowest BCUT2D eigenvalue weighted by Gasteiger charge is -2.08. The molecular formula is C12H28N4O6S. The molecule has 1 unspecified atom stereocenters. The van der Waals surface area contributed by atoms with E-state index in [2.05, 4.69) is 29.0 Å². The third kappa shape index (κ3) is 45.0. The van der Waals surface area contributed by atoms with Crippen molar-refractivity contribution in [1.29, 1.82) is 0 Å². The normalized spacial score (nSPS) is 8.96. The van der Waals surface area contributed by atoms with Crippen molar-refractivity contribution in [1.82, 2.24) is 16.0 Å². The van der Waals surface area contributed by atoms with Crippen LogP contribution in [0.15, 0.2) is 0 Å². The first-order valence-electron chi connectivity index (χ1n) is 6.64. The second-order valence-electron chi connectivity index (χ2n) is 3.30. The topological polar surface area (TPSA) is 171 Å². The van der Waals surface area contributed by atoms with E-state index in [9.17, 15) is 19.2 Å². The van der Waals surface area contributed by atoms with Crippen LogP contribution in [0.25, 0.3) is 0 Å². The van der Waals surface area contributed by atoms with Crippen molar-refractivity contribution >= 4 is 37.0 Å². The number of carbonyl (C=O) groups excluding carboxylic acids is 2. The zero-order chi connectivity index (χ0) is 19.3. The average Bonchev–Trinajstić information content (AvgIpc) is 2.55. The maximum atomic E-state index is 10.5. The molecule has 0 aliphatic heterocycles. The number of thiol groups is 1. The van der Waals surface area contributed by atoms with Gasteiger partial charge < -0.3 is 31.9 Å². The van der Waals surface area contributed by atoms with Gasteiger partial charge in [0.2, 0.25) is 6.41 Å². The summed E-state index contributed by atoms with van der Waals surface area (Å²) in [7, 11) is 1.58. The summed E-state index contributed by atoms with van der Waals surface area (Å²) in [6.07, 6.45) is 0.341. The highest BCUT2D eigenvalue weighted by Crippen LogP contribution is 1.83. The molecule has 0 aromatic rings. The van der Waals surface area contributed by atoms with Crippen LogP contribution >= 0.6 is 12.6 Å². The molecular weight excluding hydrogens is 328 g/mol. The van der Waals surface area contributed by atoms with Crippen molar-refractivity contribution < 1.29 is 29.4 Å². The number of amides is 3. The molecule has 23 heavy (non-hydrogen) atoms. The molecule has 0 saturated heterocycles. The van der Waals surface area contributed by atoms with Gasteiger partial charge in [-0.05, 0) is 6.92 Å². The van der Waals surface area contributed by atoms with Gasteiger partial charge in [-0.2, -0.15) is 12.6 Å². The second-order valence-corrected chi connectivity index (χ2v) is 3.66. The molecule has 0 aliphatic carbocycles. The average molecular weight is 356 g/mol. The maximum absolute atomic E-state index is 10.5. The van der Waals surface area contributed by atoms with E-state index in [0.29, 0.717) is 12.2 Å². The second kappa shape index (κ2) is 25.0. The zero-order valence-corrected chi connectivity index (χ0v) is 14.7. The minimum Gasteiger partial charge on any atom is -0.480 e. The number of hydrogen-bond donors (Lipinski definition) is 7. The Balaban J connectivity index is -0.000000116. The Morgan fingerprint density at radius 3 is 1.83 bits per heavy atom. The van der Waals surface area contributed by atoms with Crippen LogP contribution in [0.5, 0.6) is 0 Å². The number of carboxylic acid groups (broad SMARTS) is 2. The molecule has 11 heteroatoms. The zero-order valence-electron chi connectivity index (χ0n) is 13.8. The van der Waals surface area contributed by atoms with E-state index in [4.69, 9.17) is 10.2 Å². The van der Waals surface area contributed by atoms with Gasteiger partial charge in [-0.25, -0.2) is 4.79 Å². The molecule has 10 nitrogen and oxygen atoms in total. The number of nitrogens with two attached hydrogens (primary N) is 1. The van der Waals surface area contributed by atoms with E-state index < -0.39 is 11.9 Å². The predicted octanol–water partition coefficient (Wildman–Crippen LogP) is -0.893. The minimum absolute atomic E-state index is 0.133. The van der Waals surface area contributed by atoms with E-state index in [-0.39, 0.29) is 25.2 Å². The summed E-state index contributed by atoms with van der Waals surface area (Å²) in [5.41, 5.74) is 4.57. The largest absolute Gasteiger partial charge is 0.480 e. The van der Waals surface area contributed by atoms with E-state index >= 15 is 0 Å². The van der Waals surface area contributed by atoms with E-state index in [1.54, 1.807) is 7.05 Å². The molecule has 3 amide bonds. The number of rotatable bonds is 6. The smallest absolute Gasteiger partial charge is 0.322 e. The van der Waals surface area contributed by atoms with Gasteiger partial charge in [-0.3, -0.25) is 14.4 Å². The van der Waals surface area contributed by atoms with Crippen LogP contribution in [0, 0.1) is 0 Å². The van der Waals surface area contributed by atoms with Gasteiger partial charge in [0.05, 0.1) is 6.54 Å². The van der Waals surface area contributed by atoms with Crippen molar-refractivity contribution in [2.45, 2.75) is 26.8 Å². The minimum atomic E-state index is -1.04. The van der Waals surface area contributed by atoms with Crippen LogP contribution in [0.2, 0.25) is 0 Å². The molecule has 1 atom stereocenters. The van der Waals surface area contributed by atoms with E-state index in [1.807, 2.05) is 26.1 Å². The van der Waals surface area contributed by atoms with E-state index in [0.717, 1.165) is 0 Å². The standard InChI is InChI=1S/C5H12N2OS.C3H5NO3.C2H5NO2.C2H6/c1-4(3-9)7-5(8)6-2;5-2-4-1-3(6)7;3-1-2(4)5;1-2/h4,9H,3H2,1-2H3,(H2,6,7,8);2H,1H2,(H,4,5)(H,6,7);1,3H2,(H,4,5);1-2H3. The lowest BCUT2D eigenvalue weighted by molar-refractivity contribution is -0.137. The first-order valence-corrected chi connectivity index (χ1v) is 7.28. The van der Waals surface area contributed by atoms with Crippen molar-refractivity contribution in [2.75, 3.05) is 25.9 Å². The van der Waals surface area contributed by atoms with Gasteiger partial charge in [-0.1, -0.05) is 13.8 Å². The molecule has 0 saturated carbocycles. The predicted molar refractivity (Wildman–Crippen MR) is 90.6 cm³/mol. The lowest BCUT2D eigenvalue weighted by Crippen LogP contribution is -2.39. The first-order chi connectivity index (χ1) is 10.7. The fourth-order valence-electron chi connectivity index (χ4n) is 0.471. The number of urea groups is 1. The number of hydrogen-bond acceptors (Lipinski definition) is 6. The van der Waals surface area contributed by atoms with Crippen LogP contribution in [0.4, 0.5) is 4.79 Å². The van der Waals surface area contributed by atoms with E-state index in [1.165, 1.54) is 0 Å². The Kier molecular flexibility index (Phi) is 31.6. The van der Waals surface area contributed by atoms with Gasteiger partial charge in [-0.15, -0.1) is 0 Å². The highest BCUT2D eigenvalue weighted by Gasteiger charge is 2.00. The molecule has 7 N–H and O–H groups in total. The number of nitrogens with one attached hydrogen (secondary N) is 3. The molecule has 0 aromatic heterocycles. The monoisotopic (exact) mass is 356 g/mol. The van der Waals surface area contributed by atoms with Gasteiger partial charge in [0.1, 0.15) is 6.54 Å². The van der Waals surface area contributed by atoms with Crippen molar-refractivity contribution in [3.8, 4) is 0 Å². The maximum Gasteiger partial charge on any atom is 0.322 e. The third-order valence-electron chi connectivity index (χ3n) is 1.39. The SMILES string of the molecule is CC.CNC(=O)NC(C)CS.NCC(=O)O.O=CNCC(=O)O. The van der Waals surface area contributed by atoms with Gasteiger partial charge >= 0.3 is 18.0 Å². The van der Waals surface area contributed by atoms with Crippen LogP contribution in [-0.2, 0) is 14.4 Å². The van der Waals surface area contributed by atoms with Crippen LogP contribution in [0.3, 0.4) is 0 Å². The molecule has 0 spiro atoms. The summed E-state index contributed by atoms with van der Waals surface area (Å²) in [5, 5.41) is 22.5. The lowest BCUT2D eigenvalue weighted by atomic mass is 10.4. The van der Waals surface area contributed by atoms with Gasteiger partial charge in [0, 0.05) is 18.8 Å². The number of aliphatic carboxylic acids is 2. The number of carboxylic acids is 2. The molecule has 0 heterocycles. The highest BCUT2D eigenvalue weighted by molar-refractivity contribution is 7.80. The van der Waals surface area contributed by atoms with Crippen LogP contribution in [-0.4, -0.2) is 66.5 Å². The Bertz CT molecular complexity index is 318. The van der Waals surface area contributed by atoms with Crippen molar-refractivity contribution in [3.63, 3.8) is 0 Å². The highest BCUT2D eigenvalue weighted by atomic mass is 32.1. The summed E-state index contributed by atoms with van der Waals surface area (Å²) in [6.45, 7) is 5.31.